The molecule has 2 rings (SSSR count). The Hall–Kier alpha value is -3.22. The normalized spacial score (nSPS) is 11.0. The molecule has 0 radical (unpaired) electrons. The molecule has 1 amide bonds. The number of rotatable bonds is 11. The maximum atomic E-state index is 10.8. The minimum absolute atomic E-state index is 0.115. The number of benzene rings is 2. The fourth-order valence-electron chi connectivity index (χ4n) is 2.59. The van der Waals surface area contributed by atoms with E-state index < -0.39 is 5.91 Å². The van der Waals surface area contributed by atoms with E-state index in [0.29, 0.717) is 18.9 Å². The van der Waals surface area contributed by atoms with Gasteiger partial charge in [0, 0.05) is 20.1 Å². The average Bonchev–Trinajstić information content (AvgIpc) is 2.73. The molecule has 0 spiro atoms. The van der Waals surface area contributed by atoms with Crippen LogP contribution in [0.5, 0.6) is 11.5 Å². The molecule has 0 aliphatic carbocycles. The minimum Gasteiger partial charge on any atom is -0.492 e. The Morgan fingerprint density at radius 1 is 1.07 bits per heavy atom. The first kappa shape index (κ1) is 22.1. The summed E-state index contributed by atoms with van der Waals surface area (Å²) in [5, 5.41) is 3.31. The number of nitrogens with two attached hydrogens (primary N) is 1. The first-order chi connectivity index (χ1) is 14.1. The first-order valence-electron chi connectivity index (χ1n) is 9.76. The lowest BCUT2D eigenvalue weighted by Gasteiger charge is -2.22. The number of ether oxygens (including phenoxy) is 2. The summed E-state index contributed by atoms with van der Waals surface area (Å²) in [7, 11) is 2.00. The third-order valence-electron chi connectivity index (χ3n) is 4.10. The second-order valence-electron chi connectivity index (χ2n) is 6.47. The molecule has 0 unspecified atom stereocenters. The molecule has 0 aromatic heterocycles. The third kappa shape index (κ3) is 8.55. The number of hydrogen-bond acceptors (Lipinski definition) is 4. The molecule has 0 aliphatic rings. The molecule has 29 heavy (non-hydrogen) atoms. The number of guanidine groups is 1. The number of nitrogens with zero attached hydrogens (tertiary/aromatic N) is 2. The third-order valence-corrected chi connectivity index (χ3v) is 4.10. The molecule has 0 aliphatic heterocycles. The Morgan fingerprint density at radius 3 is 2.41 bits per heavy atom. The molecule has 0 heterocycles. The van der Waals surface area contributed by atoms with Gasteiger partial charge in [0.2, 0.25) is 0 Å². The summed E-state index contributed by atoms with van der Waals surface area (Å²) in [4.78, 5) is 17.5. The van der Waals surface area contributed by atoms with Crippen LogP contribution in [0.25, 0.3) is 0 Å². The summed E-state index contributed by atoms with van der Waals surface area (Å²) in [5.41, 5.74) is 6.22. The Balaban J connectivity index is 1.80. The lowest BCUT2D eigenvalue weighted by Crippen LogP contribution is -2.41. The molecular weight excluding hydrogens is 368 g/mol. The highest BCUT2D eigenvalue weighted by Crippen LogP contribution is 2.12. The van der Waals surface area contributed by atoms with Crippen molar-refractivity contribution in [1.29, 1.82) is 0 Å². The van der Waals surface area contributed by atoms with E-state index in [0.717, 1.165) is 36.8 Å². The largest absolute Gasteiger partial charge is 0.492 e. The van der Waals surface area contributed by atoms with Crippen LogP contribution >= 0.6 is 0 Å². The van der Waals surface area contributed by atoms with Crippen LogP contribution in [0.3, 0.4) is 0 Å². The van der Waals surface area contributed by atoms with Gasteiger partial charge in [-0.3, -0.25) is 9.79 Å². The monoisotopic (exact) mass is 398 g/mol. The van der Waals surface area contributed by atoms with Gasteiger partial charge in [-0.15, -0.1) is 0 Å². The van der Waals surface area contributed by atoms with E-state index in [1.165, 1.54) is 0 Å². The first-order valence-corrected chi connectivity index (χ1v) is 9.76. The number of hydrogen-bond donors (Lipinski definition) is 2. The Bertz CT molecular complexity index is 763. The van der Waals surface area contributed by atoms with Crippen molar-refractivity contribution in [1.82, 2.24) is 10.2 Å². The van der Waals surface area contributed by atoms with Crippen molar-refractivity contribution in [3.63, 3.8) is 0 Å². The van der Waals surface area contributed by atoms with Gasteiger partial charge in [-0.1, -0.05) is 30.3 Å². The van der Waals surface area contributed by atoms with Gasteiger partial charge in [0.15, 0.2) is 12.6 Å². The van der Waals surface area contributed by atoms with Gasteiger partial charge in [0.25, 0.3) is 5.91 Å². The van der Waals surface area contributed by atoms with Gasteiger partial charge < -0.3 is 25.4 Å². The molecular formula is C22H30N4O3. The maximum absolute atomic E-state index is 10.8. The lowest BCUT2D eigenvalue weighted by atomic mass is 10.1. The van der Waals surface area contributed by atoms with Crippen molar-refractivity contribution in [2.24, 2.45) is 10.7 Å². The number of para-hydroxylation sites is 1. The van der Waals surface area contributed by atoms with Gasteiger partial charge in [-0.25, -0.2) is 0 Å². The van der Waals surface area contributed by atoms with Crippen LogP contribution in [0.15, 0.2) is 59.6 Å². The second-order valence-corrected chi connectivity index (χ2v) is 6.47. The molecule has 0 atom stereocenters. The Morgan fingerprint density at radius 2 is 1.76 bits per heavy atom. The van der Waals surface area contributed by atoms with Crippen molar-refractivity contribution in [2.75, 3.05) is 39.9 Å². The highest BCUT2D eigenvalue weighted by Gasteiger charge is 2.06. The number of carbonyl (C=O) groups is 1. The number of primary amides is 1. The fourth-order valence-corrected chi connectivity index (χ4v) is 2.59. The summed E-state index contributed by atoms with van der Waals surface area (Å²) in [6, 6.07) is 17.4. The van der Waals surface area contributed by atoms with E-state index in [1.807, 2.05) is 61.6 Å². The van der Waals surface area contributed by atoms with Crippen molar-refractivity contribution < 1.29 is 14.3 Å². The van der Waals surface area contributed by atoms with Crippen LogP contribution in [0.1, 0.15) is 12.5 Å². The summed E-state index contributed by atoms with van der Waals surface area (Å²) < 4.78 is 11.0. The second kappa shape index (κ2) is 12.3. The zero-order chi connectivity index (χ0) is 20.9. The fraction of sp³-hybridized carbons (Fsp3) is 0.364. The van der Waals surface area contributed by atoms with E-state index in [4.69, 9.17) is 20.2 Å². The van der Waals surface area contributed by atoms with Crippen LogP contribution in [0.2, 0.25) is 0 Å². The van der Waals surface area contributed by atoms with Crippen LogP contribution in [-0.4, -0.2) is 56.7 Å². The SMILES string of the molecule is CCNC(=NCCc1ccc(OCC(N)=O)cc1)N(C)CCOc1ccccc1. The van der Waals surface area contributed by atoms with Crippen molar-refractivity contribution in [2.45, 2.75) is 13.3 Å². The van der Waals surface area contributed by atoms with E-state index >= 15 is 0 Å². The molecule has 0 bridgehead atoms. The van der Waals surface area contributed by atoms with Gasteiger partial charge in [0.05, 0.1) is 6.54 Å². The van der Waals surface area contributed by atoms with Gasteiger partial charge in [-0.05, 0) is 43.2 Å². The van der Waals surface area contributed by atoms with E-state index in [-0.39, 0.29) is 6.61 Å². The molecule has 3 N–H and O–H groups in total. The summed E-state index contributed by atoms with van der Waals surface area (Å²) >= 11 is 0. The molecule has 156 valence electrons. The van der Waals surface area contributed by atoms with Gasteiger partial charge in [-0.2, -0.15) is 0 Å². The van der Waals surface area contributed by atoms with Crippen LogP contribution in [-0.2, 0) is 11.2 Å². The van der Waals surface area contributed by atoms with Crippen LogP contribution < -0.4 is 20.5 Å². The maximum Gasteiger partial charge on any atom is 0.255 e. The summed E-state index contributed by atoms with van der Waals surface area (Å²) in [6.45, 7) is 4.71. The van der Waals surface area contributed by atoms with Gasteiger partial charge >= 0.3 is 0 Å². The van der Waals surface area contributed by atoms with Crippen molar-refractivity contribution in [3.05, 3.63) is 60.2 Å². The topological polar surface area (TPSA) is 89.2 Å². The van der Waals surface area contributed by atoms with E-state index in [1.54, 1.807) is 0 Å². The van der Waals surface area contributed by atoms with Crippen molar-refractivity contribution >= 4 is 11.9 Å². The van der Waals surface area contributed by atoms with E-state index in [9.17, 15) is 4.79 Å². The number of aliphatic imine (C=N–C) groups is 1. The molecule has 0 saturated heterocycles. The quantitative estimate of drug-likeness (QED) is 0.447. The number of likely N-dealkylation sites (N-methyl/N-ethyl adjacent to an activating group) is 1. The molecule has 7 nitrogen and oxygen atoms in total. The van der Waals surface area contributed by atoms with Crippen LogP contribution in [0, 0.1) is 0 Å². The number of carbonyl (C=O) groups excluding carboxylic acids is 1. The summed E-state index contributed by atoms with van der Waals surface area (Å²) in [5.74, 6) is 1.86. The number of amides is 1. The van der Waals surface area contributed by atoms with Crippen molar-refractivity contribution in [3.8, 4) is 11.5 Å². The zero-order valence-corrected chi connectivity index (χ0v) is 17.1. The smallest absolute Gasteiger partial charge is 0.255 e. The molecule has 7 heteroatoms. The molecule has 2 aromatic carbocycles. The van der Waals surface area contributed by atoms with E-state index in [2.05, 4.69) is 17.1 Å². The molecule has 0 saturated carbocycles. The predicted octanol–water partition coefficient (Wildman–Crippen LogP) is 2.07. The van der Waals surface area contributed by atoms with Gasteiger partial charge in [0.1, 0.15) is 18.1 Å². The molecule has 0 fully saturated rings. The standard InChI is InChI=1S/C22H30N4O3/c1-3-24-22(26(2)15-16-28-19-7-5-4-6-8-19)25-14-13-18-9-11-20(12-10-18)29-17-21(23)27/h4-12H,3,13-17H2,1-2H3,(H2,23,27)(H,24,25). The van der Waals surface area contributed by atoms with Crippen LogP contribution in [0.4, 0.5) is 0 Å². The summed E-state index contributed by atoms with van der Waals surface area (Å²) in [6.07, 6.45) is 0.805. The highest BCUT2D eigenvalue weighted by atomic mass is 16.5. The number of nitrogens with one attached hydrogen (secondary N) is 1. The highest BCUT2D eigenvalue weighted by molar-refractivity contribution is 5.79. The average molecular weight is 399 g/mol. The lowest BCUT2D eigenvalue weighted by molar-refractivity contribution is -0.119. The minimum atomic E-state index is -0.488. The zero-order valence-electron chi connectivity index (χ0n) is 17.1. The molecule has 2 aromatic rings. The Kier molecular flexibility index (Phi) is 9.35. The Labute approximate surface area is 172 Å². The predicted molar refractivity (Wildman–Crippen MR) is 115 cm³/mol.